The lowest BCUT2D eigenvalue weighted by molar-refractivity contribution is 0.174. The Morgan fingerprint density at radius 3 is 2.47 bits per heavy atom. The molecule has 1 fully saturated rings. The molecule has 1 aliphatic carbocycles. The van der Waals surface area contributed by atoms with E-state index in [-0.39, 0.29) is 0 Å². The monoisotopic (exact) mass is 260 g/mol. The SMILES string of the molecule is CCN(Cc1ccccc1)CC(C)(C)CNC1CC1. The molecule has 0 aliphatic heterocycles. The molecule has 2 nitrogen and oxygen atoms in total. The summed E-state index contributed by atoms with van der Waals surface area (Å²) in [5.74, 6) is 0. The van der Waals surface area contributed by atoms with Crippen molar-refractivity contribution in [1.29, 1.82) is 0 Å². The van der Waals surface area contributed by atoms with Crippen LogP contribution in [0.5, 0.6) is 0 Å². The van der Waals surface area contributed by atoms with Crippen LogP contribution in [0, 0.1) is 5.41 Å². The highest BCUT2D eigenvalue weighted by atomic mass is 15.1. The number of rotatable bonds is 8. The number of nitrogens with zero attached hydrogens (tertiary/aromatic N) is 1. The second kappa shape index (κ2) is 6.53. The van der Waals surface area contributed by atoms with Crippen molar-refractivity contribution < 1.29 is 0 Å². The first-order chi connectivity index (χ1) is 9.09. The van der Waals surface area contributed by atoms with E-state index in [0.29, 0.717) is 5.41 Å². The molecule has 0 aromatic heterocycles. The van der Waals surface area contributed by atoms with Gasteiger partial charge in [0.25, 0.3) is 0 Å². The first-order valence-electron chi connectivity index (χ1n) is 7.59. The number of hydrogen-bond donors (Lipinski definition) is 1. The zero-order valence-corrected chi connectivity index (χ0v) is 12.7. The smallest absolute Gasteiger partial charge is 0.0233 e. The average Bonchev–Trinajstić information content (AvgIpc) is 3.21. The van der Waals surface area contributed by atoms with E-state index in [1.807, 2.05) is 0 Å². The van der Waals surface area contributed by atoms with Gasteiger partial charge in [-0.25, -0.2) is 0 Å². The van der Waals surface area contributed by atoms with Crippen LogP contribution in [0.2, 0.25) is 0 Å². The molecule has 0 spiro atoms. The fourth-order valence-electron chi connectivity index (χ4n) is 2.49. The van der Waals surface area contributed by atoms with E-state index in [4.69, 9.17) is 0 Å². The van der Waals surface area contributed by atoms with Crippen molar-refractivity contribution in [2.75, 3.05) is 19.6 Å². The molecule has 0 saturated heterocycles. The van der Waals surface area contributed by atoms with Crippen molar-refractivity contribution in [2.45, 2.75) is 46.2 Å². The quantitative estimate of drug-likeness (QED) is 0.771. The molecule has 1 aromatic carbocycles. The third-order valence-corrected chi connectivity index (χ3v) is 3.79. The van der Waals surface area contributed by atoms with Gasteiger partial charge in [-0.2, -0.15) is 0 Å². The van der Waals surface area contributed by atoms with Crippen LogP contribution in [-0.4, -0.2) is 30.6 Å². The Hall–Kier alpha value is -0.860. The average molecular weight is 260 g/mol. The largest absolute Gasteiger partial charge is 0.313 e. The van der Waals surface area contributed by atoms with Crippen molar-refractivity contribution in [3.63, 3.8) is 0 Å². The van der Waals surface area contributed by atoms with Gasteiger partial charge in [-0.1, -0.05) is 51.1 Å². The van der Waals surface area contributed by atoms with Crippen LogP contribution in [0.3, 0.4) is 0 Å². The molecular formula is C17H28N2. The van der Waals surface area contributed by atoms with Crippen molar-refractivity contribution in [1.82, 2.24) is 10.2 Å². The standard InChI is InChI=1S/C17H28N2/c1-4-19(12-15-8-6-5-7-9-15)14-17(2,3)13-18-16-10-11-16/h5-9,16,18H,4,10-14H2,1-3H3. The van der Waals surface area contributed by atoms with Gasteiger partial charge in [-0.15, -0.1) is 0 Å². The maximum atomic E-state index is 3.66. The summed E-state index contributed by atoms with van der Waals surface area (Å²) in [6.07, 6.45) is 2.75. The van der Waals surface area contributed by atoms with Gasteiger partial charge in [0.2, 0.25) is 0 Å². The predicted octanol–water partition coefficient (Wildman–Crippen LogP) is 3.29. The molecule has 1 N–H and O–H groups in total. The van der Waals surface area contributed by atoms with Crippen LogP contribution in [0.15, 0.2) is 30.3 Å². The minimum atomic E-state index is 0.341. The van der Waals surface area contributed by atoms with Gasteiger partial charge in [-0.3, -0.25) is 4.90 Å². The number of benzene rings is 1. The van der Waals surface area contributed by atoms with E-state index in [0.717, 1.165) is 32.2 Å². The summed E-state index contributed by atoms with van der Waals surface area (Å²) >= 11 is 0. The number of nitrogens with one attached hydrogen (secondary N) is 1. The summed E-state index contributed by atoms with van der Waals surface area (Å²) < 4.78 is 0. The van der Waals surface area contributed by atoms with E-state index < -0.39 is 0 Å². The van der Waals surface area contributed by atoms with Gasteiger partial charge < -0.3 is 5.32 Å². The van der Waals surface area contributed by atoms with Crippen LogP contribution in [0.4, 0.5) is 0 Å². The molecule has 1 saturated carbocycles. The highest BCUT2D eigenvalue weighted by Gasteiger charge is 2.26. The third-order valence-electron chi connectivity index (χ3n) is 3.79. The van der Waals surface area contributed by atoms with Crippen LogP contribution in [0.1, 0.15) is 39.2 Å². The lowest BCUT2D eigenvalue weighted by Gasteiger charge is -2.32. The molecule has 0 bridgehead atoms. The van der Waals surface area contributed by atoms with E-state index in [1.165, 1.54) is 18.4 Å². The Balaban J connectivity index is 1.82. The fraction of sp³-hybridized carbons (Fsp3) is 0.647. The lowest BCUT2D eigenvalue weighted by atomic mass is 9.92. The maximum absolute atomic E-state index is 3.66. The molecule has 0 heterocycles. The van der Waals surface area contributed by atoms with E-state index in [1.54, 1.807) is 0 Å². The lowest BCUT2D eigenvalue weighted by Crippen LogP contribution is -2.40. The first-order valence-corrected chi connectivity index (χ1v) is 7.59. The highest BCUT2D eigenvalue weighted by molar-refractivity contribution is 5.14. The Morgan fingerprint density at radius 2 is 1.89 bits per heavy atom. The van der Waals surface area contributed by atoms with Gasteiger partial charge in [0.05, 0.1) is 0 Å². The molecule has 106 valence electrons. The molecule has 1 aromatic rings. The minimum absolute atomic E-state index is 0.341. The molecule has 0 unspecified atom stereocenters. The fourth-order valence-corrected chi connectivity index (χ4v) is 2.49. The maximum Gasteiger partial charge on any atom is 0.0233 e. The predicted molar refractivity (Wildman–Crippen MR) is 82.2 cm³/mol. The van der Waals surface area contributed by atoms with Gasteiger partial charge >= 0.3 is 0 Å². The van der Waals surface area contributed by atoms with Crippen molar-refractivity contribution in [2.24, 2.45) is 5.41 Å². The Kier molecular flexibility index (Phi) is 5.00. The molecule has 2 rings (SSSR count). The van der Waals surface area contributed by atoms with Gasteiger partial charge in [0.15, 0.2) is 0 Å². The molecule has 0 radical (unpaired) electrons. The summed E-state index contributed by atoms with van der Waals surface area (Å²) in [7, 11) is 0. The van der Waals surface area contributed by atoms with Gasteiger partial charge in [0.1, 0.15) is 0 Å². The molecule has 19 heavy (non-hydrogen) atoms. The summed E-state index contributed by atoms with van der Waals surface area (Å²) in [6.45, 7) is 11.5. The van der Waals surface area contributed by atoms with Crippen LogP contribution in [-0.2, 0) is 6.54 Å². The normalized spacial score (nSPS) is 16.0. The van der Waals surface area contributed by atoms with Crippen molar-refractivity contribution in [3.8, 4) is 0 Å². The molecule has 1 aliphatic rings. The van der Waals surface area contributed by atoms with Crippen LogP contribution >= 0.6 is 0 Å². The molecule has 2 heteroatoms. The summed E-state index contributed by atoms with van der Waals surface area (Å²) in [6, 6.07) is 11.6. The zero-order valence-electron chi connectivity index (χ0n) is 12.7. The summed E-state index contributed by atoms with van der Waals surface area (Å²) in [5.41, 5.74) is 1.75. The van der Waals surface area contributed by atoms with Crippen molar-refractivity contribution in [3.05, 3.63) is 35.9 Å². The van der Waals surface area contributed by atoms with E-state index in [9.17, 15) is 0 Å². The van der Waals surface area contributed by atoms with Crippen LogP contribution < -0.4 is 5.32 Å². The van der Waals surface area contributed by atoms with Crippen molar-refractivity contribution >= 4 is 0 Å². The van der Waals surface area contributed by atoms with Gasteiger partial charge in [0, 0.05) is 25.7 Å². The topological polar surface area (TPSA) is 15.3 Å². The van der Waals surface area contributed by atoms with Crippen LogP contribution in [0.25, 0.3) is 0 Å². The summed E-state index contributed by atoms with van der Waals surface area (Å²) in [4.78, 5) is 2.55. The minimum Gasteiger partial charge on any atom is -0.313 e. The number of hydrogen-bond acceptors (Lipinski definition) is 2. The Morgan fingerprint density at radius 1 is 1.21 bits per heavy atom. The van der Waals surface area contributed by atoms with Gasteiger partial charge in [-0.05, 0) is 30.4 Å². The molecule has 0 amide bonds. The second-order valence-electron chi connectivity index (χ2n) is 6.61. The Bertz CT molecular complexity index is 368. The third kappa shape index (κ3) is 5.33. The van der Waals surface area contributed by atoms with E-state index in [2.05, 4.69) is 61.3 Å². The summed E-state index contributed by atoms with van der Waals surface area (Å²) in [5, 5.41) is 3.66. The highest BCUT2D eigenvalue weighted by Crippen LogP contribution is 2.23. The Labute approximate surface area is 118 Å². The first kappa shape index (κ1) is 14.5. The zero-order chi connectivity index (χ0) is 13.7. The van der Waals surface area contributed by atoms with E-state index >= 15 is 0 Å². The molecule has 0 atom stereocenters. The second-order valence-corrected chi connectivity index (χ2v) is 6.61. The molecular weight excluding hydrogens is 232 g/mol.